The van der Waals surface area contributed by atoms with E-state index in [-0.39, 0.29) is 19.2 Å². The lowest BCUT2D eigenvalue weighted by atomic mass is 10.1. The van der Waals surface area contributed by atoms with E-state index < -0.39 is 11.1 Å². The summed E-state index contributed by atoms with van der Waals surface area (Å²) >= 11 is 0. The van der Waals surface area contributed by atoms with Crippen LogP contribution in [0, 0.1) is 0 Å². The molecule has 0 saturated carbocycles. The smallest absolute Gasteiger partial charge is 0.317 e. The lowest BCUT2D eigenvalue weighted by Gasteiger charge is -2.35. The number of rotatable bonds is 4. The Morgan fingerprint density at radius 3 is 2.41 bits per heavy atom. The molecule has 5 rings (SSSR count). The van der Waals surface area contributed by atoms with Crippen molar-refractivity contribution in [3.8, 4) is 11.5 Å². The van der Waals surface area contributed by atoms with E-state index in [4.69, 9.17) is 9.47 Å². The van der Waals surface area contributed by atoms with Crippen LogP contribution in [0.5, 0.6) is 11.5 Å². The average molecular weight is 436 g/mol. The van der Waals surface area contributed by atoms with Crippen LogP contribution in [-0.4, -0.2) is 57.8 Å². The Bertz CT molecular complexity index is 1300. The molecule has 0 atom stereocenters. The van der Waals surface area contributed by atoms with Crippen LogP contribution in [0.15, 0.2) is 52.1 Å². The maximum Gasteiger partial charge on any atom is 0.317 e. The highest BCUT2D eigenvalue weighted by Gasteiger charge is 2.23. The molecule has 1 amide bonds. The van der Waals surface area contributed by atoms with E-state index in [1.54, 1.807) is 36.2 Å². The first-order chi connectivity index (χ1) is 15.5. The number of hydrogen-bond acceptors (Lipinski definition) is 6. The van der Waals surface area contributed by atoms with E-state index in [0.717, 1.165) is 36.7 Å². The number of piperazine rings is 1. The molecule has 0 radical (unpaired) electrons. The number of ether oxygens (including phenoxy) is 2. The predicted molar refractivity (Wildman–Crippen MR) is 118 cm³/mol. The topological polar surface area (TPSA) is 86.0 Å². The molecule has 3 heterocycles. The Morgan fingerprint density at radius 1 is 0.906 bits per heavy atom. The molecule has 0 aliphatic carbocycles. The van der Waals surface area contributed by atoms with Crippen LogP contribution in [0.25, 0.3) is 11.0 Å². The van der Waals surface area contributed by atoms with E-state index in [9.17, 15) is 14.4 Å². The van der Waals surface area contributed by atoms with Gasteiger partial charge in [0.2, 0.25) is 12.7 Å². The van der Waals surface area contributed by atoms with Gasteiger partial charge in [-0.15, -0.1) is 0 Å². The summed E-state index contributed by atoms with van der Waals surface area (Å²) in [5.74, 6) is 1.37. The van der Waals surface area contributed by atoms with Gasteiger partial charge >= 0.3 is 11.1 Å². The van der Waals surface area contributed by atoms with Crippen molar-refractivity contribution in [3.05, 3.63) is 68.7 Å². The third-order valence-corrected chi connectivity index (χ3v) is 6.13. The highest BCUT2D eigenvalue weighted by Crippen LogP contribution is 2.32. The average Bonchev–Trinajstić information content (AvgIpc) is 3.29. The van der Waals surface area contributed by atoms with Crippen LogP contribution in [-0.2, 0) is 24.9 Å². The van der Waals surface area contributed by atoms with Crippen LogP contribution in [0.3, 0.4) is 0 Å². The summed E-state index contributed by atoms with van der Waals surface area (Å²) < 4.78 is 13.4. The van der Waals surface area contributed by atoms with Gasteiger partial charge in [-0.2, -0.15) is 0 Å². The van der Waals surface area contributed by atoms with E-state index >= 15 is 0 Å². The fraction of sp³-hybridized carbons (Fsp3) is 0.348. The highest BCUT2D eigenvalue weighted by molar-refractivity contribution is 5.80. The number of aryl methyl sites for hydroxylation is 1. The van der Waals surface area contributed by atoms with Gasteiger partial charge in [-0.3, -0.25) is 23.9 Å². The van der Waals surface area contributed by atoms with Crippen LogP contribution in [0.1, 0.15) is 5.56 Å². The quantitative estimate of drug-likeness (QED) is 0.562. The summed E-state index contributed by atoms with van der Waals surface area (Å²) in [6, 6.07) is 13.1. The lowest BCUT2D eigenvalue weighted by Crippen LogP contribution is -2.50. The fourth-order valence-corrected chi connectivity index (χ4v) is 4.30. The zero-order chi connectivity index (χ0) is 22.2. The minimum Gasteiger partial charge on any atom is -0.454 e. The van der Waals surface area contributed by atoms with Crippen molar-refractivity contribution in [2.24, 2.45) is 7.05 Å². The molecule has 0 unspecified atom stereocenters. The molecule has 0 spiro atoms. The second kappa shape index (κ2) is 8.16. The van der Waals surface area contributed by atoms with Gasteiger partial charge in [0, 0.05) is 39.8 Å². The van der Waals surface area contributed by atoms with Crippen LogP contribution in [0.2, 0.25) is 0 Å². The standard InChI is InChI=1S/C23H24N4O5/c1-24-17-4-2-3-5-18(17)27(23(30)22(24)29)14-21(28)26-10-8-25(9-11-26)13-16-6-7-19-20(12-16)32-15-31-19/h2-7,12H,8-11,13-15H2,1H3. The van der Waals surface area contributed by atoms with Crippen molar-refractivity contribution in [1.82, 2.24) is 18.9 Å². The molecule has 1 saturated heterocycles. The molecular formula is C23H24N4O5. The van der Waals surface area contributed by atoms with E-state index in [1.807, 2.05) is 18.2 Å². The number of aromatic nitrogens is 2. The molecule has 1 aromatic heterocycles. The Balaban J connectivity index is 1.26. The maximum atomic E-state index is 13.0. The number of nitrogens with zero attached hydrogens (tertiary/aromatic N) is 4. The molecule has 1 fully saturated rings. The van der Waals surface area contributed by atoms with Crippen LogP contribution < -0.4 is 20.6 Å². The molecule has 2 aromatic carbocycles. The first-order valence-electron chi connectivity index (χ1n) is 10.6. The van der Waals surface area contributed by atoms with E-state index in [2.05, 4.69) is 4.90 Å². The molecule has 3 aromatic rings. The van der Waals surface area contributed by atoms with Crippen molar-refractivity contribution in [2.75, 3.05) is 33.0 Å². The minimum absolute atomic E-state index is 0.141. The van der Waals surface area contributed by atoms with E-state index in [1.165, 1.54) is 9.13 Å². The normalized spacial score (nSPS) is 16.0. The zero-order valence-electron chi connectivity index (χ0n) is 17.8. The second-order valence-corrected chi connectivity index (χ2v) is 8.09. The summed E-state index contributed by atoms with van der Waals surface area (Å²) in [5, 5.41) is 0. The molecule has 9 heteroatoms. The van der Waals surface area contributed by atoms with Gasteiger partial charge < -0.3 is 18.9 Å². The monoisotopic (exact) mass is 436 g/mol. The first kappa shape index (κ1) is 20.3. The first-order valence-corrected chi connectivity index (χ1v) is 10.6. The molecular weight excluding hydrogens is 412 g/mol. The van der Waals surface area contributed by atoms with E-state index in [0.29, 0.717) is 24.1 Å². The molecule has 2 aliphatic rings. The second-order valence-electron chi connectivity index (χ2n) is 8.09. The highest BCUT2D eigenvalue weighted by atomic mass is 16.7. The minimum atomic E-state index is -0.680. The lowest BCUT2D eigenvalue weighted by molar-refractivity contribution is -0.133. The molecule has 9 nitrogen and oxygen atoms in total. The summed E-state index contributed by atoms with van der Waals surface area (Å²) in [6.07, 6.45) is 0. The number of benzene rings is 2. The Kier molecular flexibility index (Phi) is 5.18. The largest absolute Gasteiger partial charge is 0.454 e. The predicted octanol–water partition coefficient (Wildman–Crippen LogP) is 0.773. The summed E-state index contributed by atoms with van der Waals surface area (Å²) in [7, 11) is 1.57. The molecule has 166 valence electrons. The van der Waals surface area contributed by atoms with Crippen molar-refractivity contribution in [3.63, 3.8) is 0 Å². The maximum absolute atomic E-state index is 13.0. The zero-order valence-corrected chi connectivity index (χ0v) is 17.8. The summed E-state index contributed by atoms with van der Waals surface area (Å²) in [5.41, 5.74) is 1.02. The summed E-state index contributed by atoms with van der Waals surface area (Å²) in [6.45, 7) is 3.47. The number of fused-ring (bicyclic) bond motifs is 2. The SMILES string of the molecule is Cn1c(=O)c(=O)n(CC(=O)N2CCN(Cc3ccc4c(c3)OCO4)CC2)c2ccccc21. The Morgan fingerprint density at radius 2 is 1.62 bits per heavy atom. The number of carbonyl (C=O) groups excluding carboxylic acids is 1. The third-order valence-electron chi connectivity index (χ3n) is 6.13. The van der Waals surface area contributed by atoms with Crippen LogP contribution >= 0.6 is 0 Å². The number of amides is 1. The molecule has 0 bridgehead atoms. The summed E-state index contributed by atoms with van der Waals surface area (Å²) in [4.78, 5) is 41.9. The van der Waals surface area contributed by atoms with Crippen LogP contribution in [0.4, 0.5) is 0 Å². The van der Waals surface area contributed by atoms with Gasteiger partial charge in [0.15, 0.2) is 11.5 Å². The van der Waals surface area contributed by atoms with Gasteiger partial charge in [0.1, 0.15) is 6.54 Å². The number of para-hydroxylation sites is 2. The van der Waals surface area contributed by atoms with Crippen molar-refractivity contribution >= 4 is 16.9 Å². The molecule has 2 aliphatic heterocycles. The molecule has 0 N–H and O–H groups in total. The fourth-order valence-electron chi connectivity index (χ4n) is 4.30. The van der Waals surface area contributed by atoms with Gasteiger partial charge in [-0.05, 0) is 29.8 Å². The van der Waals surface area contributed by atoms with Gasteiger partial charge in [-0.1, -0.05) is 18.2 Å². The Labute approximate surface area is 184 Å². The number of hydrogen-bond donors (Lipinski definition) is 0. The number of carbonyl (C=O) groups is 1. The van der Waals surface area contributed by atoms with Crippen molar-refractivity contribution in [2.45, 2.75) is 13.1 Å². The molecule has 32 heavy (non-hydrogen) atoms. The Hall–Kier alpha value is -3.59. The third kappa shape index (κ3) is 3.64. The van der Waals surface area contributed by atoms with Crippen molar-refractivity contribution in [1.29, 1.82) is 0 Å². The van der Waals surface area contributed by atoms with Gasteiger partial charge in [-0.25, -0.2) is 0 Å². The van der Waals surface area contributed by atoms with Gasteiger partial charge in [0.05, 0.1) is 11.0 Å². The van der Waals surface area contributed by atoms with Gasteiger partial charge in [0.25, 0.3) is 0 Å². The van der Waals surface area contributed by atoms with Crippen molar-refractivity contribution < 1.29 is 14.3 Å².